The highest BCUT2D eigenvalue weighted by atomic mass is 19.1. The molecule has 2 aromatic heterocycles. The first kappa shape index (κ1) is 13.6. The van der Waals surface area contributed by atoms with Crippen molar-refractivity contribution in [2.45, 2.75) is 6.54 Å². The normalized spacial score (nSPS) is 11.0. The van der Waals surface area contributed by atoms with Gasteiger partial charge < -0.3 is 4.57 Å². The van der Waals surface area contributed by atoms with E-state index in [0.29, 0.717) is 5.39 Å². The van der Waals surface area contributed by atoms with E-state index in [0.717, 1.165) is 23.2 Å². The van der Waals surface area contributed by atoms with Crippen molar-refractivity contribution in [3.8, 4) is 11.3 Å². The van der Waals surface area contributed by atoms with Gasteiger partial charge in [-0.3, -0.25) is 4.98 Å². The van der Waals surface area contributed by atoms with Gasteiger partial charge >= 0.3 is 0 Å². The Hall–Kier alpha value is -3.01. The van der Waals surface area contributed by atoms with Gasteiger partial charge in [0.2, 0.25) is 0 Å². The zero-order valence-corrected chi connectivity index (χ0v) is 12.4. The SMILES string of the molecule is Fc1cnc(-c2ccc(Cn3ccnc3)cc2)c2ccccc12. The molecule has 0 radical (unpaired) electrons. The number of nitrogens with zero attached hydrogens (tertiary/aromatic N) is 3. The molecule has 0 saturated carbocycles. The molecule has 0 atom stereocenters. The van der Waals surface area contributed by atoms with Crippen LogP contribution >= 0.6 is 0 Å². The number of imidazole rings is 1. The fourth-order valence-corrected chi connectivity index (χ4v) is 2.75. The van der Waals surface area contributed by atoms with Crippen molar-refractivity contribution in [2.75, 3.05) is 0 Å². The van der Waals surface area contributed by atoms with Gasteiger partial charge in [-0.1, -0.05) is 48.5 Å². The highest BCUT2D eigenvalue weighted by Gasteiger charge is 2.08. The van der Waals surface area contributed by atoms with E-state index < -0.39 is 0 Å². The molecular weight excluding hydrogens is 289 g/mol. The summed E-state index contributed by atoms with van der Waals surface area (Å²) < 4.78 is 15.9. The summed E-state index contributed by atoms with van der Waals surface area (Å²) in [6.45, 7) is 0.776. The number of fused-ring (bicyclic) bond motifs is 1. The molecule has 0 bridgehead atoms. The molecule has 2 aromatic carbocycles. The fourth-order valence-electron chi connectivity index (χ4n) is 2.75. The van der Waals surface area contributed by atoms with Crippen LogP contribution in [-0.4, -0.2) is 14.5 Å². The molecule has 0 saturated heterocycles. The molecule has 0 aliphatic carbocycles. The summed E-state index contributed by atoms with van der Waals surface area (Å²) in [5, 5.41) is 1.43. The standard InChI is InChI=1S/C19H14FN3/c20-18-11-22-19(17-4-2-1-3-16(17)18)15-7-5-14(6-8-15)12-23-10-9-21-13-23/h1-11,13H,12H2. The summed E-state index contributed by atoms with van der Waals surface area (Å²) in [5.41, 5.74) is 2.96. The molecule has 0 spiro atoms. The molecule has 4 heteroatoms. The Balaban J connectivity index is 1.72. The van der Waals surface area contributed by atoms with Crippen LogP contribution in [0.25, 0.3) is 22.0 Å². The molecule has 2 heterocycles. The second-order valence-electron chi connectivity index (χ2n) is 5.43. The number of hydrogen-bond donors (Lipinski definition) is 0. The van der Waals surface area contributed by atoms with Gasteiger partial charge in [-0.25, -0.2) is 9.37 Å². The van der Waals surface area contributed by atoms with Crippen molar-refractivity contribution in [2.24, 2.45) is 0 Å². The molecule has 4 rings (SSSR count). The summed E-state index contributed by atoms with van der Waals surface area (Å²) in [5.74, 6) is -0.291. The van der Waals surface area contributed by atoms with E-state index in [-0.39, 0.29) is 5.82 Å². The quantitative estimate of drug-likeness (QED) is 0.565. The van der Waals surface area contributed by atoms with E-state index in [2.05, 4.69) is 22.1 Å². The Labute approximate surface area is 133 Å². The van der Waals surface area contributed by atoms with Crippen LogP contribution in [0.4, 0.5) is 4.39 Å². The van der Waals surface area contributed by atoms with Crippen LogP contribution < -0.4 is 0 Å². The maximum atomic E-state index is 13.9. The predicted molar refractivity (Wildman–Crippen MR) is 88.5 cm³/mol. The van der Waals surface area contributed by atoms with E-state index in [4.69, 9.17) is 0 Å². The molecule has 0 fully saturated rings. The van der Waals surface area contributed by atoms with Gasteiger partial charge in [0.25, 0.3) is 0 Å². The first-order valence-electron chi connectivity index (χ1n) is 7.39. The van der Waals surface area contributed by atoms with Crippen molar-refractivity contribution < 1.29 is 4.39 Å². The van der Waals surface area contributed by atoms with E-state index in [1.807, 2.05) is 41.1 Å². The van der Waals surface area contributed by atoms with E-state index in [9.17, 15) is 4.39 Å². The summed E-state index contributed by atoms with van der Waals surface area (Å²) in [4.78, 5) is 8.34. The maximum absolute atomic E-state index is 13.9. The number of rotatable bonds is 3. The second kappa shape index (κ2) is 5.65. The lowest BCUT2D eigenvalue weighted by Gasteiger charge is -2.08. The third kappa shape index (κ3) is 2.59. The molecule has 0 unspecified atom stereocenters. The number of halogens is 1. The average molecular weight is 303 g/mol. The molecule has 4 aromatic rings. The van der Waals surface area contributed by atoms with Gasteiger partial charge in [-0.05, 0) is 5.56 Å². The number of pyridine rings is 1. The Morgan fingerprint density at radius 2 is 1.74 bits per heavy atom. The van der Waals surface area contributed by atoms with Crippen LogP contribution in [0.15, 0.2) is 73.4 Å². The van der Waals surface area contributed by atoms with Gasteiger partial charge in [0.15, 0.2) is 0 Å². The van der Waals surface area contributed by atoms with Gasteiger partial charge in [0, 0.05) is 35.3 Å². The molecule has 112 valence electrons. The minimum Gasteiger partial charge on any atom is -0.333 e. The van der Waals surface area contributed by atoms with Crippen molar-refractivity contribution in [3.63, 3.8) is 0 Å². The summed E-state index contributed by atoms with van der Waals surface area (Å²) in [6, 6.07) is 15.6. The highest BCUT2D eigenvalue weighted by molar-refractivity contribution is 5.94. The molecule has 23 heavy (non-hydrogen) atoms. The summed E-state index contributed by atoms with van der Waals surface area (Å²) >= 11 is 0. The first-order valence-corrected chi connectivity index (χ1v) is 7.39. The molecule has 0 aliphatic heterocycles. The average Bonchev–Trinajstić information content (AvgIpc) is 3.10. The molecule has 0 N–H and O–H groups in total. The summed E-state index contributed by atoms with van der Waals surface area (Å²) in [6.07, 6.45) is 6.78. The Morgan fingerprint density at radius 3 is 2.48 bits per heavy atom. The lowest BCUT2D eigenvalue weighted by molar-refractivity contribution is 0.634. The molecule has 0 aliphatic rings. The number of benzene rings is 2. The minimum absolute atomic E-state index is 0.291. The van der Waals surface area contributed by atoms with E-state index >= 15 is 0 Å². The van der Waals surface area contributed by atoms with Crippen LogP contribution in [0.2, 0.25) is 0 Å². The largest absolute Gasteiger partial charge is 0.333 e. The maximum Gasteiger partial charge on any atom is 0.149 e. The first-order chi connectivity index (χ1) is 11.3. The molecule has 0 amide bonds. The Kier molecular flexibility index (Phi) is 3.35. The van der Waals surface area contributed by atoms with Crippen molar-refractivity contribution in [1.29, 1.82) is 0 Å². The second-order valence-corrected chi connectivity index (χ2v) is 5.43. The Bertz CT molecular complexity index is 944. The topological polar surface area (TPSA) is 30.7 Å². The predicted octanol–water partition coefficient (Wildman–Crippen LogP) is 4.29. The highest BCUT2D eigenvalue weighted by Crippen LogP contribution is 2.28. The third-order valence-electron chi connectivity index (χ3n) is 3.90. The lowest BCUT2D eigenvalue weighted by atomic mass is 10.0. The van der Waals surface area contributed by atoms with Crippen LogP contribution in [0.3, 0.4) is 0 Å². The molecular formula is C19H14FN3. The Morgan fingerprint density at radius 1 is 0.957 bits per heavy atom. The zero-order chi connectivity index (χ0) is 15.6. The number of hydrogen-bond acceptors (Lipinski definition) is 2. The van der Waals surface area contributed by atoms with E-state index in [1.165, 1.54) is 11.8 Å². The van der Waals surface area contributed by atoms with Gasteiger partial charge in [0.05, 0.1) is 18.2 Å². The van der Waals surface area contributed by atoms with Gasteiger partial charge in [0.1, 0.15) is 5.82 Å². The van der Waals surface area contributed by atoms with Crippen molar-refractivity contribution in [1.82, 2.24) is 14.5 Å². The smallest absolute Gasteiger partial charge is 0.149 e. The van der Waals surface area contributed by atoms with Gasteiger partial charge in [-0.2, -0.15) is 0 Å². The zero-order valence-electron chi connectivity index (χ0n) is 12.4. The summed E-state index contributed by atoms with van der Waals surface area (Å²) in [7, 11) is 0. The van der Waals surface area contributed by atoms with Crippen LogP contribution in [0.1, 0.15) is 5.56 Å². The third-order valence-corrected chi connectivity index (χ3v) is 3.90. The molecule has 3 nitrogen and oxygen atoms in total. The fraction of sp³-hybridized carbons (Fsp3) is 0.0526. The van der Waals surface area contributed by atoms with Crippen molar-refractivity contribution in [3.05, 3.63) is 84.8 Å². The van der Waals surface area contributed by atoms with Crippen LogP contribution in [-0.2, 0) is 6.54 Å². The number of aromatic nitrogens is 3. The van der Waals surface area contributed by atoms with Crippen LogP contribution in [0.5, 0.6) is 0 Å². The van der Waals surface area contributed by atoms with Crippen LogP contribution in [0, 0.1) is 5.82 Å². The lowest BCUT2D eigenvalue weighted by Crippen LogP contribution is -1.96. The van der Waals surface area contributed by atoms with E-state index in [1.54, 1.807) is 18.6 Å². The monoisotopic (exact) mass is 303 g/mol. The van der Waals surface area contributed by atoms with Crippen molar-refractivity contribution >= 4 is 10.8 Å². The van der Waals surface area contributed by atoms with Gasteiger partial charge in [-0.15, -0.1) is 0 Å². The minimum atomic E-state index is -0.291.